The first kappa shape index (κ1) is 17.2. The third-order valence-corrected chi connectivity index (χ3v) is 5.40. The van der Waals surface area contributed by atoms with Gasteiger partial charge in [-0.15, -0.1) is 0 Å². The molecule has 2 aromatic rings. The summed E-state index contributed by atoms with van der Waals surface area (Å²) < 4.78 is 5.41. The molecule has 0 bridgehead atoms. The molecule has 0 saturated carbocycles. The highest BCUT2D eigenvalue weighted by atomic mass is 32.2. The van der Waals surface area contributed by atoms with Crippen LogP contribution in [0.15, 0.2) is 57.7 Å². The zero-order valence-electron chi connectivity index (χ0n) is 14.8. The highest BCUT2D eigenvalue weighted by Gasteiger charge is 2.25. The average Bonchev–Trinajstić information content (AvgIpc) is 2.67. The number of allylic oxidation sites excluding steroid dienone is 1. The first-order valence-corrected chi connectivity index (χ1v) is 9.37. The molecule has 6 nitrogen and oxygen atoms in total. The number of anilines is 2. The molecule has 2 aliphatic rings. The number of benzene rings is 1. The van der Waals surface area contributed by atoms with Gasteiger partial charge in [-0.05, 0) is 30.7 Å². The predicted molar refractivity (Wildman–Crippen MR) is 104 cm³/mol. The molecule has 1 atom stereocenters. The lowest BCUT2D eigenvalue weighted by Crippen LogP contribution is -2.31. The summed E-state index contributed by atoms with van der Waals surface area (Å²) >= 11 is 1.65. The number of nitrogens with zero attached hydrogens (tertiary/aromatic N) is 4. The maximum Gasteiger partial charge on any atom is 0.168 e. The van der Waals surface area contributed by atoms with E-state index in [1.54, 1.807) is 31.3 Å². The van der Waals surface area contributed by atoms with Gasteiger partial charge in [-0.25, -0.2) is 9.97 Å². The van der Waals surface area contributed by atoms with E-state index in [2.05, 4.69) is 55.5 Å². The number of rotatable bonds is 5. The van der Waals surface area contributed by atoms with E-state index in [0.717, 1.165) is 40.2 Å². The van der Waals surface area contributed by atoms with Crippen LogP contribution in [0.25, 0.3) is 0 Å². The molecular weight excluding hydrogens is 346 g/mol. The summed E-state index contributed by atoms with van der Waals surface area (Å²) in [6, 6.07) is 6.79. The third-order valence-electron chi connectivity index (χ3n) is 4.36. The molecule has 0 amide bonds. The molecular formula is C19H21N5OS. The van der Waals surface area contributed by atoms with Gasteiger partial charge < -0.3 is 10.1 Å². The van der Waals surface area contributed by atoms with Gasteiger partial charge in [0.2, 0.25) is 0 Å². The van der Waals surface area contributed by atoms with Crippen LogP contribution in [0.4, 0.5) is 11.5 Å². The van der Waals surface area contributed by atoms with Crippen molar-refractivity contribution in [1.29, 1.82) is 0 Å². The molecule has 26 heavy (non-hydrogen) atoms. The van der Waals surface area contributed by atoms with Gasteiger partial charge in [0.05, 0.1) is 12.2 Å². The average molecular weight is 367 g/mol. The highest BCUT2D eigenvalue weighted by molar-refractivity contribution is 7.99. The number of hydrogen-bond donors (Lipinski definition) is 1. The monoisotopic (exact) mass is 367 g/mol. The quantitative estimate of drug-likeness (QED) is 0.876. The zero-order valence-corrected chi connectivity index (χ0v) is 15.7. The summed E-state index contributed by atoms with van der Waals surface area (Å²) in [6.45, 7) is 4.05. The SMILES string of the molecule is COCN1c2cc(CNC3C=CC(C)=NC3)ccc2Sc2nccnc21. The summed E-state index contributed by atoms with van der Waals surface area (Å²) in [5.74, 6) is 0.844. The lowest BCUT2D eigenvalue weighted by molar-refractivity contribution is 0.204. The minimum atomic E-state index is 0.283. The van der Waals surface area contributed by atoms with Crippen molar-refractivity contribution >= 4 is 29.0 Å². The smallest absolute Gasteiger partial charge is 0.168 e. The fourth-order valence-corrected chi connectivity index (χ4v) is 4.00. The number of aromatic nitrogens is 2. The topological polar surface area (TPSA) is 62.6 Å². The van der Waals surface area contributed by atoms with Crippen LogP contribution in [0.1, 0.15) is 12.5 Å². The number of fused-ring (bicyclic) bond motifs is 2. The number of hydrogen-bond acceptors (Lipinski definition) is 7. The van der Waals surface area contributed by atoms with Crippen LogP contribution in [-0.2, 0) is 11.3 Å². The van der Waals surface area contributed by atoms with Gasteiger partial charge >= 0.3 is 0 Å². The molecule has 2 aliphatic heterocycles. The lowest BCUT2D eigenvalue weighted by Gasteiger charge is -2.30. The number of dihydropyridines is 1. The maximum absolute atomic E-state index is 5.41. The minimum absolute atomic E-state index is 0.283. The fourth-order valence-electron chi connectivity index (χ4n) is 3.02. The van der Waals surface area contributed by atoms with Crippen LogP contribution in [0.3, 0.4) is 0 Å². The predicted octanol–water partition coefficient (Wildman–Crippen LogP) is 3.17. The van der Waals surface area contributed by atoms with Gasteiger partial charge in [0.25, 0.3) is 0 Å². The molecule has 1 aromatic heterocycles. The Morgan fingerprint density at radius 2 is 2.19 bits per heavy atom. The molecule has 0 radical (unpaired) electrons. The van der Waals surface area contributed by atoms with Crippen LogP contribution >= 0.6 is 11.8 Å². The van der Waals surface area contributed by atoms with Crippen molar-refractivity contribution < 1.29 is 4.74 Å². The van der Waals surface area contributed by atoms with Crippen molar-refractivity contribution in [1.82, 2.24) is 15.3 Å². The van der Waals surface area contributed by atoms with Gasteiger partial charge in [-0.1, -0.05) is 23.9 Å². The summed E-state index contributed by atoms with van der Waals surface area (Å²) in [7, 11) is 1.70. The normalized spacial score (nSPS) is 18.3. The Balaban J connectivity index is 1.54. The lowest BCUT2D eigenvalue weighted by atomic mass is 10.1. The molecule has 4 rings (SSSR count). The van der Waals surface area contributed by atoms with E-state index >= 15 is 0 Å². The second-order valence-electron chi connectivity index (χ2n) is 6.26. The summed E-state index contributed by atoms with van der Waals surface area (Å²) in [6.07, 6.45) is 7.69. The Bertz CT molecular complexity index is 867. The van der Waals surface area contributed by atoms with Gasteiger partial charge in [-0.2, -0.15) is 0 Å². The Morgan fingerprint density at radius 3 is 3.00 bits per heavy atom. The van der Waals surface area contributed by atoms with Gasteiger partial charge in [-0.3, -0.25) is 9.89 Å². The standard InChI is InChI=1S/C19H21N5OS/c1-13-3-5-15(11-22-13)23-10-14-4-6-17-16(9-14)24(12-25-2)18-19(26-17)21-8-7-20-18/h3-9,15,23H,10-12H2,1-2H3. The second-order valence-corrected chi connectivity index (χ2v) is 7.29. The van der Waals surface area contributed by atoms with Crippen LogP contribution in [0, 0.1) is 0 Å². The molecule has 0 spiro atoms. The van der Waals surface area contributed by atoms with E-state index in [-0.39, 0.29) is 6.04 Å². The molecule has 0 saturated heterocycles. The van der Waals surface area contributed by atoms with Crippen molar-refractivity contribution in [3.63, 3.8) is 0 Å². The van der Waals surface area contributed by atoms with E-state index in [9.17, 15) is 0 Å². The summed E-state index contributed by atoms with van der Waals surface area (Å²) in [4.78, 5) is 16.7. The molecule has 1 N–H and O–H groups in total. The van der Waals surface area contributed by atoms with Gasteiger partial charge in [0.15, 0.2) is 5.82 Å². The third kappa shape index (κ3) is 3.51. The van der Waals surface area contributed by atoms with Crippen LogP contribution in [0.2, 0.25) is 0 Å². The van der Waals surface area contributed by atoms with Crippen molar-refractivity contribution in [2.75, 3.05) is 25.3 Å². The molecule has 1 aromatic carbocycles. The van der Waals surface area contributed by atoms with E-state index < -0.39 is 0 Å². The number of ether oxygens (including phenoxy) is 1. The Kier molecular flexibility index (Phi) is 5.01. The first-order valence-electron chi connectivity index (χ1n) is 8.55. The van der Waals surface area contributed by atoms with E-state index in [1.807, 2.05) is 6.92 Å². The van der Waals surface area contributed by atoms with Crippen molar-refractivity contribution in [2.45, 2.75) is 29.4 Å². The number of nitrogens with one attached hydrogen (secondary N) is 1. The Labute approximate surface area is 157 Å². The number of methoxy groups -OCH3 is 1. The van der Waals surface area contributed by atoms with Crippen molar-refractivity contribution in [3.8, 4) is 0 Å². The minimum Gasteiger partial charge on any atom is -0.364 e. The molecule has 1 unspecified atom stereocenters. The molecule has 0 aliphatic carbocycles. The van der Waals surface area contributed by atoms with Crippen molar-refractivity contribution in [3.05, 3.63) is 48.3 Å². The first-order chi connectivity index (χ1) is 12.7. The number of aliphatic imine (C=N–C) groups is 1. The molecule has 7 heteroatoms. The maximum atomic E-state index is 5.41. The highest BCUT2D eigenvalue weighted by Crippen LogP contribution is 2.46. The van der Waals surface area contributed by atoms with E-state index in [1.165, 1.54) is 5.56 Å². The molecule has 3 heterocycles. The van der Waals surface area contributed by atoms with E-state index in [0.29, 0.717) is 6.73 Å². The second kappa shape index (κ2) is 7.57. The van der Waals surface area contributed by atoms with Crippen LogP contribution < -0.4 is 10.2 Å². The van der Waals surface area contributed by atoms with Gasteiger partial charge in [0.1, 0.15) is 11.8 Å². The van der Waals surface area contributed by atoms with Gasteiger partial charge in [0, 0.05) is 42.7 Å². The fraction of sp³-hybridized carbons (Fsp3) is 0.316. The summed E-state index contributed by atoms with van der Waals surface area (Å²) in [5.41, 5.74) is 3.42. The summed E-state index contributed by atoms with van der Waals surface area (Å²) in [5, 5.41) is 4.46. The van der Waals surface area contributed by atoms with E-state index in [4.69, 9.17) is 4.74 Å². The molecule has 134 valence electrons. The Morgan fingerprint density at radius 1 is 1.31 bits per heavy atom. The van der Waals surface area contributed by atoms with Crippen LogP contribution in [0.5, 0.6) is 0 Å². The van der Waals surface area contributed by atoms with Crippen molar-refractivity contribution in [2.24, 2.45) is 4.99 Å². The zero-order chi connectivity index (χ0) is 17.9. The molecule has 0 fully saturated rings. The Hall–Kier alpha value is -2.22. The van der Waals surface area contributed by atoms with Crippen LogP contribution in [-0.4, -0.2) is 42.1 Å². The largest absolute Gasteiger partial charge is 0.364 e.